The van der Waals surface area contributed by atoms with Gasteiger partial charge in [0.05, 0.1) is 9.21 Å². The van der Waals surface area contributed by atoms with E-state index in [1.165, 1.54) is 37.0 Å². The highest BCUT2D eigenvalue weighted by molar-refractivity contribution is 7.18. The number of likely N-dealkylation sites (tertiary alicyclic amines) is 1. The lowest BCUT2D eigenvalue weighted by molar-refractivity contribution is 0.0176. The summed E-state index contributed by atoms with van der Waals surface area (Å²) in [6.07, 6.45) is 7.56. The molecule has 3 rings (SSSR count). The number of amides is 2. The van der Waals surface area contributed by atoms with Crippen LogP contribution in [0.3, 0.4) is 0 Å². The summed E-state index contributed by atoms with van der Waals surface area (Å²) in [4.78, 5) is 27.5. The first-order chi connectivity index (χ1) is 13.7. The number of nitrogens with one attached hydrogen (secondary N) is 1. The van der Waals surface area contributed by atoms with E-state index in [-0.39, 0.29) is 18.0 Å². The maximum Gasteiger partial charge on any atom is 0.410 e. The van der Waals surface area contributed by atoms with Crippen molar-refractivity contribution in [1.29, 1.82) is 0 Å². The van der Waals surface area contributed by atoms with Crippen LogP contribution in [-0.2, 0) is 4.74 Å². The number of hydrogen-bond donors (Lipinski definition) is 1. The number of halogens is 1. The topological polar surface area (TPSA) is 58.6 Å². The smallest absolute Gasteiger partial charge is 0.410 e. The third-order valence-electron chi connectivity index (χ3n) is 5.94. The first-order valence-corrected chi connectivity index (χ1v) is 11.9. The molecule has 1 aromatic heterocycles. The van der Waals surface area contributed by atoms with Crippen molar-refractivity contribution in [1.82, 2.24) is 10.2 Å². The summed E-state index contributed by atoms with van der Waals surface area (Å²) >= 11 is 7.33. The summed E-state index contributed by atoms with van der Waals surface area (Å²) in [6, 6.07) is 3.77. The van der Waals surface area contributed by atoms with Crippen molar-refractivity contribution >= 4 is 34.9 Å². The zero-order valence-corrected chi connectivity index (χ0v) is 19.3. The van der Waals surface area contributed by atoms with Gasteiger partial charge in [0, 0.05) is 19.1 Å². The van der Waals surface area contributed by atoms with E-state index in [9.17, 15) is 9.59 Å². The van der Waals surface area contributed by atoms with Gasteiger partial charge in [0.2, 0.25) is 0 Å². The molecule has 2 amide bonds. The molecule has 5 nitrogen and oxygen atoms in total. The number of ether oxygens (including phenoxy) is 1. The van der Waals surface area contributed by atoms with Gasteiger partial charge in [0.15, 0.2) is 0 Å². The average Bonchev–Trinajstić information content (AvgIpc) is 3.32. The number of piperidine rings is 1. The van der Waals surface area contributed by atoms with E-state index in [2.05, 4.69) is 5.32 Å². The minimum atomic E-state index is -0.462. The normalized spacial score (nSPS) is 19.9. The highest BCUT2D eigenvalue weighted by Gasteiger charge is 2.32. The predicted octanol–water partition coefficient (Wildman–Crippen LogP) is 5.73. The first-order valence-electron chi connectivity index (χ1n) is 10.8. The molecule has 1 saturated heterocycles. The summed E-state index contributed by atoms with van der Waals surface area (Å²) in [5.74, 6) is 1.06. The SMILES string of the molecule is CC(C)(C)OC(=O)N1CCC(CC(NC(=O)c2ccc(Cl)s2)C2CCCC2)CC1. The van der Waals surface area contributed by atoms with Gasteiger partial charge in [-0.15, -0.1) is 11.3 Å². The van der Waals surface area contributed by atoms with E-state index < -0.39 is 5.60 Å². The van der Waals surface area contributed by atoms with Gasteiger partial charge in [0.1, 0.15) is 5.60 Å². The Morgan fingerprint density at radius 1 is 1.21 bits per heavy atom. The fourth-order valence-corrected chi connectivity index (χ4v) is 5.39. The zero-order valence-electron chi connectivity index (χ0n) is 17.7. The fraction of sp³-hybridized carbons (Fsp3) is 0.727. The molecular weight excluding hydrogens is 408 g/mol. The standard InChI is InChI=1S/C22H33ClN2O3S/c1-22(2,3)28-21(27)25-12-10-15(11-13-25)14-17(16-6-4-5-7-16)24-20(26)18-8-9-19(23)29-18/h8-9,15-17H,4-7,10-14H2,1-3H3,(H,24,26). The molecule has 0 bridgehead atoms. The Labute approximate surface area is 183 Å². The molecule has 162 valence electrons. The Balaban J connectivity index is 1.55. The summed E-state index contributed by atoms with van der Waals surface area (Å²) < 4.78 is 6.14. The second-order valence-corrected chi connectivity index (χ2v) is 11.1. The lowest BCUT2D eigenvalue weighted by atomic mass is 9.84. The molecule has 1 N–H and O–H groups in total. The third kappa shape index (κ3) is 6.61. The zero-order chi connectivity index (χ0) is 21.0. The average molecular weight is 441 g/mol. The van der Waals surface area contributed by atoms with E-state index in [0.717, 1.165) is 32.4 Å². The van der Waals surface area contributed by atoms with Crippen LogP contribution in [0, 0.1) is 11.8 Å². The van der Waals surface area contributed by atoms with Gasteiger partial charge in [0.25, 0.3) is 5.91 Å². The minimum absolute atomic E-state index is 0.00927. The monoisotopic (exact) mass is 440 g/mol. The Kier molecular flexibility index (Phi) is 7.49. The van der Waals surface area contributed by atoms with Crippen LogP contribution in [0.15, 0.2) is 12.1 Å². The Bertz CT molecular complexity index is 701. The van der Waals surface area contributed by atoms with Crippen LogP contribution in [0.25, 0.3) is 0 Å². The van der Waals surface area contributed by atoms with Gasteiger partial charge in [-0.3, -0.25) is 4.79 Å². The van der Waals surface area contributed by atoms with E-state index in [1.54, 1.807) is 12.1 Å². The molecule has 1 saturated carbocycles. The van der Waals surface area contributed by atoms with Crippen LogP contribution >= 0.6 is 22.9 Å². The summed E-state index contributed by atoms with van der Waals surface area (Å²) in [7, 11) is 0. The number of thiophene rings is 1. The Hall–Kier alpha value is -1.27. The molecule has 2 heterocycles. The van der Waals surface area contributed by atoms with Crippen molar-refractivity contribution in [2.75, 3.05) is 13.1 Å². The summed E-state index contributed by atoms with van der Waals surface area (Å²) in [6.45, 7) is 7.14. The van der Waals surface area contributed by atoms with Crippen molar-refractivity contribution in [2.45, 2.75) is 77.4 Å². The maximum absolute atomic E-state index is 12.7. The van der Waals surface area contributed by atoms with E-state index in [4.69, 9.17) is 16.3 Å². The summed E-state index contributed by atoms with van der Waals surface area (Å²) in [5.41, 5.74) is -0.462. The van der Waals surface area contributed by atoms with Gasteiger partial charge in [-0.25, -0.2) is 4.79 Å². The lowest BCUT2D eigenvalue weighted by Crippen LogP contribution is -2.44. The number of nitrogens with zero attached hydrogens (tertiary/aromatic N) is 1. The lowest BCUT2D eigenvalue weighted by Gasteiger charge is -2.36. The van der Waals surface area contributed by atoms with Crippen LogP contribution < -0.4 is 5.32 Å². The van der Waals surface area contributed by atoms with Crippen molar-refractivity contribution < 1.29 is 14.3 Å². The molecule has 0 radical (unpaired) electrons. The first kappa shape index (κ1) is 22.4. The molecule has 1 aromatic rings. The van der Waals surface area contributed by atoms with Crippen molar-refractivity contribution in [3.63, 3.8) is 0 Å². The maximum atomic E-state index is 12.7. The van der Waals surface area contributed by atoms with Gasteiger partial charge < -0.3 is 15.0 Å². The molecule has 29 heavy (non-hydrogen) atoms. The molecular formula is C22H33ClN2O3S. The molecule has 1 aliphatic carbocycles. The molecule has 2 fully saturated rings. The van der Waals surface area contributed by atoms with Gasteiger partial charge in [-0.05, 0) is 76.8 Å². The van der Waals surface area contributed by atoms with E-state index in [0.29, 0.717) is 21.0 Å². The number of hydrogen-bond acceptors (Lipinski definition) is 4. The summed E-state index contributed by atoms with van der Waals surface area (Å²) in [5, 5.41) is 3.31. The van der Waals surface area contributed by atoms with Crippen LogP contribution in [0.2, 0.25) is 4.34 Å². The molecule has 1 unspecified atom stereocenters. The van der Waals surface area contributed by atoms with E-state index >= 15 is 0 Å². The molecule has 1 atom stereocenters. The van der Waals surface area contributed by atoms with Gasteiger partial charge in [-0.1, -0.05) is 24.4 Å². The second-order valence-electron chi connectivity index (χ2n) is 9.37. The van der Waals surface area contributed by atoms with Gasteiger partial charge >= 0.3 is 6.09 Å². The van der Waals surface area contributed by atoms with Crippen molar-refractivity contribution in [2.24, 2.45) is 11.8 Å². The van der Waals surface area contributed by atoms with E-state index in [1.807, 2.05) is 25.7 Å². The van der Waals surface area contributed by atoms with Gasteiger partial charge in [-0.2, -0.15) is 0 Å². The highest BCUT2D eigenvalue weighted by Crippen LogP contribution is 2.33. The van der Waals surface area contributed by atoms with Crippen LogP contribution in [0.1, 0.15) is 75.4 Å². The second kappa shape index (κ2) is 9.69. The third-order valence-corrected chi connectivity index (χ3v) is 7.17. The number of carbonyl (C=O) groups is 2. The number of carbonyl (C=O) groups excluding carboxylic acids is 2. The molecule has 7 heteroatoms. The largest absolute Gasteiger partial charge is 0.444 e. The Morgan fingerprint density at radius 3 is 2.41 bits per heavy atom. The van der Waals surface area contributed by atoms with Crippen LogP contribution in [0.5, 0.6) is 0 Å². The predicted molar refractivity (Wildman–Crippen MR) is 118 cm³/mol. The number of rotatable bonds is 5. The fourth-order valence-electron chi connectivity index (χ4n) is 4.44. The highest BCUT2D eigenvalue weighted by atomic mass is 35.5. The molecule has 1 aliphatic heterocycles. The minimum Gasteiger partial charge on any atom is -0.444 e. The van der Waals surface area contributed by atoms with Crippen molar-refractivity contribution in [3.8, 4) is 0 Å². The van der Waals surface area contributed by atoms with Crippen molar-refractivity contribution in [3.05, 3.63) is 21.3 Å². The molecule has 2 aliphatic rings. The van der Waals surface area contributed by atoms with Crippen LogP contribution in [0.4, 0.5) is 4.79 Å². The quantitative estimate of drug-likeness (QED) is 0.636. The molecule has 0 spiro atoms. The molecule has 0 aromatic carbocycles. The Morgan fingerprint density at radius 2 is 1.86 bits per heavy atom. The van der Waals surface area contributed by atoms with Crippen LogP contribution in [-0.4, -0.2) is 41.6 Å².